The van der Waals surface area contributed by atoms with Crippen molar-refractivity contribution in [3.8, 4) is 0 Å². The van der Waals surface area contributed by atoms with Gasteiger partial charge in [0.1, 0.15) is 0 Å². The van der Waals surface area contributed by atoms with Crippen molar-refractivity contribution in [2.75, 3.05) is 16.8 Å². The van der Waals surface area contributed by atoms with E-state index in [1.165, 1.54) is 0 Å². The Morgan fingerprint density at radius 2 is 2.13 bits per heavy atom. The molecule has 1 aliphatic heterocycles. The minimum atomic E-state index is 0.174. The maximum Gasteiger partial charge on any atom is 0.227 e. The third-order valence-corrected chi connectivity index (χ3v) is 4.37. The van der Waals surface area contributed by atoms with E-state index in [-0.39, 0.29) is 11.9 Å². The fourth-order valence-corrected chi connectivity index (χ4v) is 2.92. The lowest BCUT2D eigenvalue weighted by atomic mass is 9.99. The summed E-state index contributed by atoms with van der Waals surface area (Å²) in [6.45, 7) is 5.09. The lowest BCUT2D eigenvalue weighted by Gasteiger charge is -2.37. The Labute approximate surface area is 137 Å². The van der Waals surface area contributed by atoms with Crippen LogP contribution in [0.4, 0.5) is 11.4 Å². The van der Waals surface area contributed by atoms with Crippen molar-refractivity contribution < 1.29 is 4.79 Å². The van der Waals surface area contributed by atoms with E-state index >= 15 is 0 Å². The van der Waals surface area contributed by atoms with E-state index in [1.54, 1.807) is 6.20 Å². The molecule has 23 heavy (non-hydrogen) atoms. The van der Waals surface area contributed by atoms with Gasteiger partial charge in [0.2, 0.25) is 5.91 Å². The molecule has 120 valence electrons. The predicted octanol–water partition coefficient (Wildman–Crippen LogP) is 3.50. The van der Waals surface area contributed by atoms with Crippen LogP contribution in [0.5, 0.6) is 0 Å². The first-order chi connectivity index (χ1) is 11.1. The number of rotatable bonds is 4. The van der Waals surface area contributed by atoms with Crippen LogP contribution in [-0.4, -0.2) is 23.5 Å². The molecule has 0 fully saturated rings. The number of anilines is 2. The SMILES string of the molecule is CC(C)[C@@H]1CN(C(=O)CCc2cccnc2)c2ccccc2N1. The molecule has 0 radical (unpaired) electrons. The average molecular weight is 309 g/mol. The molecule has 0 unspecified atom stereocenters. The van der Waals surface area contributed by atoms with E-state index in [0.29, 0.717) is 12.3 Å². The van der Waals surface area contributed by atoms with Crippen molar-refractivity contribution in [2.24, 2.45) is 5.92 Å². The number of para-hydroxylation sites is 2. The van der Waals surface area contributed by atoms with Crippen LogP contribution in [0.1, 0.15) is 25.8 Å². The van der Waals surface area contributed by atoms with Crippen molar-refractivity contribution in [1.29, 1.82) is 0 Å². The van der Waals surface area contributed by atoms with Crippen molar-refractivity contribution in [3.63, 3.8) is 0 Å². The summed E-state index contributed by atoms with van der Waals surface area (Å²) in [6.07, 6.45) is 4.82. The van der Waals surface area contributed by atoms with E-state index in [0.717, 1.165) is 29.9 Å². The molecule has 0 saturated heterocycles. The van der Waals surface area contributed by atoms with E-state index in [2.05, 4.69) is 24.1 Å². The summed E-state index contributed by atoms with van der Waals surface area (Å²) < 4.78 is 0. The molecule has 0 spiro atoms. The summed E-state index contributed by atoms with van der Waals surface area (Å²) in [7, 11) is 0. The second-order valence-electron chi connectivity index (χ2n) is 6.38. The molecular weight excluding hydrogens is 286 g/mol. The molecule has 4 nitrogen and oxygen atoms in total. The second kappa shape index (κ2) is 6.82. The Morgan fingerprint density at radius 1 is 1.30 bits per heavy atom. The molecule has 2 aromatic rings. The zero-order valence-corrected chi connectivity index (χ0v) is 13.7. The average Bonchev–Trinajstić information content (AvgIpc) is 2.59. The molecule has 1 amide bonds. The van der Waals surface area contributed by atoms with Crippen LogP contribution in [0.2, 0.25) is 0 Å². The molecule has 1 aromatic carbocycles. The number of nitrogens with one attached hydrogen (secondary N) is 1. The maximum absolute atomic E-state index is 12.8. The minimum Gasteiger partial charge on any atom is -0.379 e. The molecule has 0 aliphatic carbocycles. The van der Waals surface area contributed by atoms with Gasteiger partial charge < -0.3 is 10.2 Å². The number of benzene rings is 1. The molecule has 2 heterocycles. The summed E-state index contributed by atoms with van der Waals surface area (Å²) in [5, 5.41) is 3.55. The monoisotopic (exact) mass is 309 g/mol. The quantitative estimate of drug-likeness (QED) is 0.940. The van der Waals surface area contributed by atoms with E-state index in [4.69, 9.17) is 0 Å². The topological polar surface area (TPSA) is 45.2 Å². The van der Waals surface area contributed by atoms with Crippen molar-refractivity contribution in [2.45, 2.75) is 32.7 Å². The van der Waals surface area contributed by atoms with Gasteiger partial charge in [0.05, 0.1) is 11.4 Å². The van der Waals surface area contributed by atoms with Gasteiger partial charge in [-0.3, -0.25) is 9.78 Å². The van der Waals surface area contributed by atoms with Gasteiger partial charge in [0.25, 0.3) is 0 Å². The first-order valence-electron chi connectivity index (χ1n) is 8.20. The Kier molecular flexibility index (Phi) is 4.60. The number of nitrogens with zero attached hydrogens (tertiary/aromatic N) is 2. The minimum absolute atomic E-state index is 0.174. The Balaban J connectivity index is 1.76. The van der Waals surface area contributed by atoms with Gasteiger partial charge in [0, 0.05) is 31.4 Å². The summed E-state index contributed by atoms with van der Waals surface area (Å²) in [5.41, 5.74) is 3.14. The molecule has 1 atom stereocenters. The van der Waals surface area contributed by atoms with Crippen LogP contribution in [0, 0.1) is 5.92 Å². The fourth-order valence-electron chi connectivity index (χ4n) is 2.92. The number of carbonyl (C=O) groups is 1. The Bertz CT molecular complexity index is 669. The number of amides is 1. The summed E-state index contributed by atoms with van der Waals surface area (Å²) in [6, 6.07) is 12.3. The fraction of sp³-hybridized carbons (Fsp3) is 0.368. The number of fused-ring (bicyclic) bond motifs is 1. The second-order valence-corrected chi connectivity index (χ2v) is 6.38. The Hall–Kier alpha value is -2.36. The standard InChI is InChI=1S/C19H23N3O/c1-14(2)17-13-22(18-8-4-3-7-16(18)21-17)19(23)10-9-15-6-5-11-20-12-15/h3-8,11-12,14,17,21H,9-10,13H2,1-2H3/t17-/m0/s1. The number of hydrogen-bond donors (Lipinski definition) is 1. The van der Waals surface area contributed by atoms with Crippen molar-refractivity contribution in [3.05, 3.63) is 54.4 Å². The highest BCUT2D eigenvalue weighted by molar-refractivity contribution is 5.97. The molecule has 0 saturated carbocycles. The third-order valence-electron chi connectivity index (χ3n) is 4.37. The van der Waals surface area contributed by atoms with E-state index < -0.39 is 0 Å². The van der Waals surface area contributed by atoms with E-state index in [1.807, 2.05) is 47.5 Å². The lowest BCUT2D eigenvalue weighted by molar-refractivity contribution is -0.118. The Morgan fingerprint density at radius 3 is 2.87 bits per heavy atom. The van der Waals surface area contributed by atoms with Crippen LogP contribution in [0.15, 0.2) is 48.8 Å². The number of pyridine rings is 1. The van der Waals surface area contributed by atoms with Gasteiger partial charge in [-0.15, -0.1) is 0 Å². The normalized spacial score (nSPS) is 16.8. The van der Waals surface area contributed by atoms with Crippen molar-refractivity contribution >= 4 is 17.3 Å². The third kappa shape index (κ3) is 3.52. The number of aromatic nitrogens is 1. The molecule has 3 rings (SSSR count). The smallest absolute Gasteiger partial charge is 0.227 e. The van der Waals surface area contributed by atoms with Crippen LogP contribution in [0.3, 0.4) is 0 Å². The zero-order chi connectivity index (χ0) is 16.2. The van der Waals surface area contributed by atoms with Crippen molar-refractivity contribution in [1.82, 2.24) is 4.98 Å². The van der Waals surface area contributed by atoms with E-state index in [9.17, 15) is 4.79 Å². The highest BCUT2D eigenvalue weighted by Crippen LogP contribution is 2.32. The zero-order valence-electron chi connectivity index (χ0n) is 13.7. The molecule has 1 N–H and O–H groups in total. The molecule has 1 aliphatic rings. The molecular formula is C19H23N3O. The highest BCUT2D eigenvalue weighted by Gasteiger charge is 2.28. The largest absolute Gasteiger partial charge is 0.379 e. The summed E-state index contributed by atoms with van der Waals surface area (Å²) >= 11 is 0. The van der Waals surface area contributed by atoms with Crippen LogP contribution < -0.4 is 10.2 Å². The molecule has 1 aromatic heterocycles. The first-order valence-corrected chi connectivity index (χ1v) is 8.20. The van der Waals surface area contributed by atoms with Gasteiger partial charge in [-0.25, -0.2) is 0 Å². The summed E-state index contributed by atoms with van der Waals surface area (Å²) in [5.74, 6) is 0.644. The number of hydrogen-bond acceptors (Lipinski definition) is 3. The van der Waals surface area contributed by atoms with Crippen LogP contribution >= 0.6 is 0 Å². The summed E-state index contributed by atoms with van der Waals surface area (Å²) in [4.78, 5) is 18.8. The lowest BCUT2D eigenvalue weighted by Crippen LogP contribution is -2.47. The predicted molar refractivity (Wildman–Crippen MR) is 93.6 cm³/mol. The van der Waals surface area contributed by atoms with Gasteiger partial charge in [-0.05, 0) is 36.1 Å². The van der Waals surface area contributed by atoms with Crippen LogP contribution in [-0.2, 0) is 11.2 Å². The van der Waals surface area contributed by atoms with Gasteiger partial charge >= 0.3 is 0 Å². The maximum atomic E-state index is 12.8. The van der Waals surface area contributed by atoms with Gasteiger partial charge in [0.15, 0.2) is 0 Å². The van der Waals surface area contributed by atoms with Crippen LogP contribution in [0.25, 0.3) is 0 Å². The number of aryl methyl sites for hydroxylation is 1. The molecule has 0 bridgehead atoms. The van der Waals surface area contributed by atoms with Gasteiger partial charge in [-0.1, -0.05) is 32.0 Å². The molecule has 4 heteroatoms. The number of carbonyl (C=O) groups excluding carboxylic acids is 1. The first kappa shape index (κ1) is 15.5. The van der Waals surface area contributed by atoms with Gasteiger partial charge in [-0.2, -0.15) is 0 Å². The highest BCUT2D eigenvalue weighted by atomic mass is 16.2.